The minimum atomic E-state index is -0.732. The zero-order valence-electron chi connectivity index (χ0n) is 14.5. The van der Waals surface area contributed by atoms with Gasteiger partial charge in [0.25, 0.3) is 0 Å². The Morgan fingerprint density at radius 1 is 1.22 bits per heavy atom. The van der Waals surface area contributed by atoms with Crippen LogP contribution in [0.5, 0.6) is 0 Å². The average Bonchev–Trinajstić information content (AvgIpc) is 3.05. The van der Waals surface area contributed by atoms with E-state index >= 15 is 0 Å². The lowest BCUT2D eigenvalue weighted by Crippen LogP contribution is -2.55. The zero-order chi connectivity index (χ0) is 16.5. The van der Waals surface area contributed by atoms with Crippen molar-refractivity contribution in [1.29, 1.82) is 5.26 Å². The Kier molecular flexibility index (Phi) is 4.66. The van der Waals surface area contributed by atoms with E-state index in [0.717, 1.165) is 71.1 Å². The van der Waals surface area contributed by atoms with Crippen molar-refractivity contribution in [2.24, 2.45) is 5.41 Å². The minimum Gasteiger partial charge on any atom is -0.375 e. The number of carbonyl (C=O) groups is 1. The molecule has 1 spiro atoms. The van der Waals surface area contributed by atoms with E-state index in [1.54, 1.807) is 0 Å². The van der Waals surface area contributed by atoms with Gasteiger partial charge in [0.2, 0.25) is 5.91 Å². The molecule has 128 valence electrons. The number of hydrogen-bond acceptors (Lipinski definition) is 4. The van der Waals surface area contributed by atoms with Gasteiger partial charge in [-0.05, 0) is 52.6 Å². The van der Waals surface area contributed by atoms with Crippen LogP contribution in [0.1, 0.15) is 51.4 Å². The van der Waals surface area contributed by atoms with E-state index in [0.29, 0.717) is 6.04 Å². The molecule has 1 aliphatic carbocycles. The van der Waals surface area contributed by atoms with Gasteiger partial charge in [-0.25, -0.2) is 0 Å². The number of nitriles is 1. The summed E-state index contributed by atoms with van der Waals surface area (Å²) < 4.78 is 6.16. The molecule has 2 heterocycles. The highest BCUT2D eigenvalue weighted by molar-refractivity contribution is 5.86. The first kappa shape index (κ1) is 16.7. The van der Waals surface area contributed by atoms with Crippen molar-refractivity contribution in [3.8, 4) is 6.07 Å². The summed E-state index contributed by atoms with van der Waals surface area (Å²) >= 11 is 0. The third kappa shape index (κ3) is 3.12. The molecule has 23 heavy (non-hydrogen) atoms. The Morgan fingerprint density at radius 2 is 1.87 bits per heavy atom. The SMILES string of the molecule is CN(C)C1CCOC2(CCN(C(=O)C3(C#N)CCCC3)CC2)C1. The standard InChI is InChI=1S/C18H29N3O2/c1-20(2)15-5-12-23-18(13-15)8-10-21(11-9-18)16(22)17(14-19)6-3-4-7-17/h15H,3-13H2,1-2H3. The first-order chi connectivity index (χ1) is 11.0. The van der Waals surface area contributed by atoms with Crippen LogP contribution >= 0.6 is 0 Å². The summed E-state index contributed by atoms with van der Waals surface area (Å²) in [6.07, 6.45) is 7.46. The molecule has 5 nitrogen and oxygen atoms in total. The molecule has 0 bridgehead atoms. The van der Waals surface area contributed by atoms with Crippen molar-refractivity contribution in [2.45, 2.75) is 63.0 Å². The number of piperidine rings is 1. The van der Waals surface area contributed by atoms with E-state index in [9.17, 15) is 10.1 Å². The number of nitrogens with zero attached hydrogens (tertiary/aromatic N) is 3. The van der Waals surface area contributed by atoms with Gasteiger partial charge in [0.1, 0.15) is 5.41 Å². The summed E-state index contributed by atoms with van der Waals surface area (Å²) in [5, 5.41) is 9.53. The van der Waals surface area contributed by atoms with Crippen LogP contribution in [-0.4, -0.2) is 61.1 Å². The molecule has 1 amide bonds. The molecule has 0 aromatic carbocycles. The monoisotopic (exact) mass is 319 g/mol. The molecule has 3 rings (SSSR count). The van der Waals surface area contributed by atoms with E-state index in [1.807, 2.05) is 4.90 Å². The second kappa shape index (κ2) is 6.41. The first-order valence-electron chi connectivity index (χ1n) is 9.01. The van der Waals surface area contributed by atoms with Gasteiger partial charge in [0.15, 0.2) is 0 Å². The van der Waals surface area contributed by atoms with Crippen LogP contribution in [0.25, 0.3) is 0 Å². The molecule has 2 saturated heterocycles. The van der Waals surface area contributed by atoms with Gasteiger partial charge in [0.05, 0.1) is 11.7 Å². The van der Waals surface area contributed by atoms with Gasteiger partial charge in [-0.15, -0.1) is 0 Å². The van der Waals surface area contributed by atoms with Gasteiger partial charge in [-0.1, -0.05) is 12.8 Å². The van der Waals surface area contributed by atoms with Gasteiger partial charge in [-0.2, -0.15) is 5.26 Å². The lowest BCUT2D eigenvalue weighted by atomic mass is 9.80. The first-order valence-corrected chi connectivity index (χ1v) is 9.01. The maximum atomic E-state index is 12.9. The highest BCUT2D eigenvalue weighted by Gasteiger charge is 2.47. The van der Waals surface area contributed by atoms with Gasteiger partial charge in [-0.3, -0.25) is 4.79 Å². The van der Waals surface area contributed by atoms with E-state index in [-0.39, 0.29) is 11.5 Å². The maximum Gasteiger partial charge on any atom is 0.243 e. The molecule has 3 fully saturated rings. The Balaban J connectivity index is 1.62. The summed E-state index contributed by atoms with van der Waals surface area (Å²) in [7, 11) is 4.28. The summed E-state index contributed by atoms with van der Waals surface area (Å²) in [4.78, 5) is 17.1. The summed E-state index contributed by atoms with van der Waals surface area (Å²) in [5.41, 5.74) is -0.788. The average molecular weight is 319 g/mol. The number of hydrogen-bond donors (Lipinski definition) is 0. The quantitative estimate of drug-likeness (QED) is 0.783. The molecule has 2 aliphatic heterocycles. The number of carbonyl (C=O) groups excluding carboxylic acids is 1. The molecule has 0 radical (unpaired) electrons. The van der Waals surface area contributed by atoms with Gasteiger partial charge < -0.3 is 14.5 Å². The molecule has 1 atom stereocenters. The second-order valence-electron chi connectivity index (χ2n) is 7.83. The molecule has 3 aliphatic rings. The fourth-order valence-electron chi connectivity index (χ4n) is 4.56. The van der Waals surface area contributed by atoms with E-state index in [1.165, 1.54) is 0 Å². The topological polar surface area (TPSA) is 56.6 Å². The Morgan fingerprint density at radius 3 is 2.43 bits per heavy atom. The predicted octanol–water partition coefficient (Wildman–Crippen LogP) is 2.17. The fraction of sp³-hybridized carbons (Fsp3) is 0.889. The van der Waals surface area contributed by atoms with Crippen molar-refractivity contribution >= 4 is 5.91 Å². The lowest BCUT2D eigenvalue weighted by molar-refractivity contribution is -0.153. The van der Waals surface area contributed by atoms with Crippen LogP contribution < -0.4 is 0 Å². The minimum absolute atomic E-state index is 0.0561. The smallest absolute Gasteiger partial charge is 0.243 e. The molecule has 1 unspecified atom stereocenters. The number of ether oxygens (including phenoxy) is 1. The fourth-order valence-corrected chi connectivity index (χ4v) is 4.56. The lowest BCUT2D eigenvalue weighted by Gasteiger charge is -2.48. The summed E-state index contributed by atoms with van der Waals surface area (Å²) in [6.45, 7) is 2.30. The van der Waals surface area contributed by atoms with E-state index in [4.69, 9.17) is 4.74 Å². The number of likely N-dealkylation sites (tertiary alicyclic amines) is 1. The number of rotatable bonds is 2. The van der Waals surface area contributed by atoms with Crippen LogP contribution in [0.4, 0.5) is 0 Å². The van der Waals surface area contributed by atoms with Crippen molar-refractivity contribution in [3.63, 3.8) is 0 Å². The highest BCUT2D eigenvalue weighted by atomic mass is 16.5. The molecule has 0 aromatic heterocycles. The van der Waals surface area contributed by atoms with E-state index in [2.05, 4.69) is 25.1 Å². The predicted molar refractivity (Wildman–Crippen MR) is 87.7 cm³/mol. The van der Waals surface area contributed by atoms with Crippen molar-refractivity contribution in [1.82, 2.24) is 9.80 Å². The van der Waals surface area contributed by atoms with Crippen LogP contribution in [0.2, 0.25) is 0 Å². The highest BCUT2D eigenvalue weighted by Crippen LogP contribution is 2.41. The van der Waals surface area contributed by atoms with Gasteiger partial charge in [0, 0.05) is 25.7 Å². The summed E-state index contributed by atoms with van der Waals surface area (Å²) in [6, 6.07) is 2.91. The number of amides is 1. The third-order valence-electron chi connectivity index (χ3n) is 6.24. The van der Waals surface area contributed by atoms with Crippen LogP contribution in [-0.2, 0) is 9.53 Å². The maximum absolute atomic E-state index is 12.9. The van der Waals surface area contributed by atoms with Crippen LogP contribution in [0.15, 0.2) is 0 Å². The molecular weight excluding hydrogens is 290 g/mol. The molecule has 5 heteroatoms. The van der Waals surface area contributed by atoms with Crippen molar-refractivity contribution < 1.29 is 9.53 Å². The Bertz CT molecular complexity index is 483. The largest absolute Gasteiger partial charge is 0.375 e. The van der Waals surface area contributed by atoms with Crippen molar-refractivity contribution in [2.75, 3.05) is 33.8 Å². The molecule has 1 saturated carbocycles. The molecular formula is C18H29N3O2. The normalized spacial score (nSPS) is 29.7. The van der Waals surface area contributed by atoms with Crippen LogP contribution in [0, 0.1) is 16.7 Å². The zero-order valence-corrected chi connectivity index (χ0v) is 14.5. The van der Waals surface area contributed by atoms with Gasteiger partial charge >= 0.3 is 0 Å². The summed E-state index contributed by atoms with van der Waals surface area (Å²) in [5.74, 6) is 0.0762. The van der Waals surface area contributed by atoms with E-state index < -0.39 is 5.41 Å². The Labute approximate surface area is 139 Å². The Hall–Kier alpha value is -1.12. The second-order valence-corrected chi connectivity index (χ2v) is 7.83. The van der Waals surface area contributed by atoms with Crippen LogP contribution in [0.3, 0.4) is 0 Å². The third-order valence-corrected chi connectivity index (χ3v) is 6.24. The molecule has 0 N–H and O–H groups in total. The molecule has 0 aromatic rings. The van der Waals surface area contributed by atoms with Crippen molar-refractivity contribution in [3.05, 3.63) is 0 Å².